The van der Waals surface area contributed by atoms with Crippen molar-refractivity contribution in [2.75, 3.05) is 0 Å². The molecular weight excluding hydrogens is 250 g/mol. The van der Waals surface area contributed by atoms with E-state index in [2.05, 4.69) is 10.3 Å². The molecule has 100 valence electrons. The summed E-state index contributed by atoms with van der Waals surface area (Å²) < 4.78 is 4.85. The smallest absolute Gasteiger partial charge is 0.335 e. The fourth-order valence-corrected chi connectivity index (χ4v) is 1.50. The van der Waals surface area contributed by atoms with E-state index in [0.717, 1.165) is 4.85 Å². The molecule has 0 amide bonds. The molecule has 0 radical (unpaired) electrons. The van der Waals surface area contributed by atoms with Crippen LogP contribution in [0.5, 0.6) is 0 Å². The zero-order valence-electron chi connectivity index (χ0n) is 8.90. The number of hydrogen-bond donors (Lipinski definition) is 4. The standard InChI is InChI=1S/C8H11N3O7/c12-3-4(13)6(7(15)16)17-8(5(3)14)18-11-2-1-9-10-11/h1-6,8,12-14H,(H,15,16)/t3-,4-,5+,6-,8?/m0/s1. The molecule has 0 aromatic carbocycles. The minimum absolute atomic E-state index is 0.831. The third-order valence-corrected chi connectivity index (χ3v) is 2.43. The van der Waals surface area contributed by atoms with Gasteiger partial charge in [0.2, 0.25) is 0 Å². The van der Waals surface area contributed by atoms with E-state index in [-0.39, 0.29) is 0 Å². The molecule has 1 saturated heterocycles. The van der Waals surface area contributed by atoms with Crippen molar-refractivity contribution in [2.24, 2.45) is 0 Å². The molecule has 2 heterocycles. The normalized spacial score (nSPS) is 36.3. The Morgan fingerprint density at radius 1 is 1.28 bits per heavy atom. The Morgan fingerprint density at radius 3 is 2.56 bits per heavy atom. The lowest BCUT2D eigenvalue weighted by Gasteiger charge is -2.37. The number of rotatable bonds is 3. The average molecular weight is 261 g/mol. The van der Waals surface area contributed by atoms with Gasteiger partial charge in [-0.2, -0.15) is 0 Å². The van der Waals surface area contributed by atoms with Gasteiger partial charge in [-0.1, -0.05) is 4.85 Å². The molecule has 1 aromatic heterocycles. The van der Waals surface area contributed by atoms with Crippen LogP contribution < -0.4 is 4.84 Å². The summed E-state index contributed by atoms with van der Waals surface area (Å²) in [4.78, 5) is 16.6. The van der Waals surface area contributed by atoms with Crippen LogP contribution in [0.25, 0.3) is 0 Å². The molecule has 0 spiro atoms. The highest BCUT2D eigenvalue weighted by Gasteiger charge is 2.48. The van der Waals surface area contributed by atoms with E-state index in [0.29, 0.717) is 0 Å². The maximum absolute atomic E-state index is 10.8. The lowest BCUT2D eigenvalue weighted by molar-refractivity contribution is -0.296. The number of carboxylic acids is 1. The van der Waals surface area contributed by atoms with Gasteiger partial charge in [0.25, 0.3) is 6.29 Å². The Labute approximate surface area is 99.9 Å². The first kappa shape index (κ1) is 12.7. The minimum atomic E-state index is -1.76. The number of hydrogen-bond acceptors (Lipinski definition) is 8. The third-order valence-electron chi connectivity index (χ3n) is 2.43. The van der Waals surface area contributed by atoms with E-state index in [9.17, 15) is 20.1 Å². The minimum Gasteiger partial charge on any atom is -0.479 e. The molecule has 18 heavy (non-hydrogen) atoms. The van der Waals surface area contributed by atoms with Crippen LogP contribution in [0.15, 0.2) is 12.4 Å². The van der Waals surface area contributed by atoms with Crippen molar-refractivity contribution < 1.29 is 34.8 Å². The van der Waals surface area contributed by atoms with E-state index in [1.165, 1.54) is 12.4 Å². The van der Waals surface area contributed by atoms with Gasteiger partial charge in [0.15, 0.2) is 6.10 Å². The third kappa shape index (κ3) is 2.26. The Balaban J connectivity index is 2.12. The Kier molecular flexibility index (Phi) is 3.43. The second-order valence-corrected chi connectivity index (χ2v) is 3.65. The van der Waals surface area contributed by atoms with Crippen LogP contribution in [0.1, 0.15) is 0 Å². The summed E-state index contributed by atoms with van der Waals surface area (Å²) in [6.07, 6.45) is -5.73. The SMILES string of the molecule is O=C(O)[C@H]1OC(On2ccnn2)[C@H](O)[C@@H](O)[C@@H]1O. The average Bonchev–Trinajstić information content (AvgIpc) is 2.82. The van der Waals surface area contributed by atoms with Gasteiger partial charge in [-0.3, -0.25) is 0 Å². The van der Waals surface area contributed by atoms with Crippen molar-refractivity contribution in [1.82, 2.24) is 15.2 Å². The molecule has 0 saturated carbocycles. The van der Waals surface area contributed by atoms with Gasteiger partial charge in [0, 0.05) is 0 Å². The Hall–Kier alpha value is -1.75. The Bertz CT molecular complexity index is 411. The highest BCUT2D eigenvalue weighted by Crippen LogP contribution is 2.20. The predicted octanol–water partition coefficient (Wildman–Crippen LogP) is -3.40. The zero-order chi connectivity index (χ0) is 13.3. The van der Waals surface area contributed by atoms with E-state index < -0.39 is 36.7 Å². The van der Waals surface area contributed by atoms with Crippen LogP contribution in [0, 0.1) is 0 Å². The Morgan fingerprint density at radius 2 is 2.00 bits per heavy atom. The van der Waals surface area contributed by atoms with Crippen LogP contribution in [-0.2, 0) is 9.53 Å². The van der Waals surface area contributed by atoms with E-state index in [1.54, 1.807) is 0 Å². The number of aliphatic hydroxyl groups excluding tert-OH is 3. The van der Waals surface area contributed by atoms with Crippen molar-refractivity contribution in [3.63, 3.8) is 0 Å². The number of aliphatic hydroxyl groups is 3. The largest absolute Gasteiger partial charge is 0.479 e. The van der Waals surface area contributed by atoms with Gasteiger partial charge in [0.05, 0.1) is 12.4 Å². The van der Waals surface area contributed by atoms with Crippen LogP contribution in [-0.4, -0.2) is 72.3 Å². The summed E-state index contributed by atoms with van der Waals surface area (Å²) in [5, 5.41) is 44.1. The molecule has 1 unspecified atom stereocenters. The summed E-state index contributed by atoms with van der Waals surface area (Å²) in [7, 11) is 0. The fourth-order valence-electron chi connectivity index (χ4n) is 1.50. The van der Waals surface area contributed by atoms with Crippen molar-refractivity contribution in [1.29, 1.82) is 0 Å². The molecule has 5 atom stereocenters. The van der Waals surface area contributed by atoms with Gasteiger partial charge in [-0.25, -0.2) is 4.79 Å². The summed E-state index contributed by atoms with van der Waals surface area (Å²) in [5.41, 5.74) is 0. The maximum Gasteiger partial charge on any atom is 0.335 e. The molecule has 10 heteroatoms. The monoisotopic (exact) mass is 261 g/mol. The number of aliphatic carboxylic acids is 1. The van der Waals surface area contributed by atoms with Crippen molar-refractivity contribution in [2.45, 2.75) is 30.7 Å². The maximum atomic E-state index is 10.8. The summed E-state index contributed by atoms with van der Waals surface area (Å²) in [5.74, 6) is -1.49. The first-order valence-corrected chi connectivity index (χ1v) is 4.96. The first-order valence-electron chi connectivity index (χ1n) is 4.96. The van der Waals surface area contributed by atoms with Gasteiger partial charge in [-0.15, -0.1) is 5.10 Å². The second-order valence-electron chi connectivity index (χ2n) is 3.65. The summed E-state index contributed by atoms with van der Waals surface area (Å²) in [6, 6.07) is 0. The topological polar surface area (TPSA) is 147 Å². The van der Waals surface area contributed by atoms with Gasteiger partial charge in [0.1, 0.15) is 18.3 Å². The molecule has 1 fully saturated rings. The van der Waals surface area contributed by atoms with Crippen LogP contribution in [0.2, 0.25) is 0 Å². The molecule has 2 rings (SSSR count). The van der Waals surface area contributed by atoms with Crippen LogP contribution >= 0.6 is 0 Å². The van der Waals surface area contributed by atoms with Gasteiger partial charge < -0.3 is 30.0 Å². The second kappa shape index (κ2) is 4.86. The van der Waals surface area contributed by atoms with Crippen molar-refractivity contribution in [3.05, 3.63) is 12.4 Å². The highest BCUT2D eigenvalue weighted by atomic mass is 16.8. The number of carbonyl (C=O) groups is 1. The van der Waals surface area contributed by atoms with Crippen molar-refractivity contribution >= 4 is 5.97 Å². The number of ether oxygens (including phenoxy) is 1. The molecule has 10 nitrogen and oxygen atoms in total. The lowest BCUT2D eigenvalue weighted by atomic mass is 9.99. The number of nitrogens with zero attached hydrogens (tertiary/aromatic N) is 3. The lowest BCUT2D eigenvalue weighted by Crippen LogP contribution is -2.62. The van der Waals surface area contributed by atoms with E-state index in [4.69, 9.17) is 14.7 Å². The van der Waals surface area contributed by atoms with E-state index in [1.807, 2.05) is 0 Å². The molecular formula is C8H11N3O7. The number of carboxylic acid groups (broad SMARTS) is 1. The molecule has 0 aliphatic carbocycles. The predicted molar refractivity (Wildman–Crippen MR) is 50.9 cm³/mol. The first-order chi connectivity index (χ1) is 8.50. The fraction of sp³-hybridized carbons (Fsp3) is 0.625. The quantitative estimate of drug-likeness (QED) is 0.437. The summed E-state index contributed by atoms with van der Waals surface area (Å²) >= 11 is 0. The highest BCUT2D eigenvalue weighted by molar-refractivity contribution is 5.73. The molecule has 4 N–H and O–H groups in total. The zero-order valence-corrected chi connectivity index (χ0v) is 8.90. The van der Waals surface area contributed by atoms with Crippen LogP contribution in [0.4, 0.5) is 0 Å². The molecule has 1 aromatic rings. The van der Waals surface area contributed by atoms with Gasteiger partial charge in [-0.05, 0) is 5.21 Å². The van der Waals surface area contributed by atoms with E-state index >= 15 is 0 Å². The van der Waals surface area contributed by atoms with Crippen molar-refractivity contribution in [3.8, 4) is 0 Å². The summed E-state index contributed by atoms with van der Waals surface area (Å²) in [6.45, 7) is 0. The molecule has 0 bridgehead atoms. The molecule has 1 aliphatic heterocycles. The van der Waals surface area contributed by atoms with Crippen LogP contribution in [0.3, 0.4) is 0 Å². The molecule has 1 aliphatic rings. The number of aromatic nitrogens is 3. The van der Waals surface area contributed by atoms with Gasteiger partial charge >= 0.3 is 5.97 Å².